The molecule has 3 aromatic rings. The van der Waals surface area contributed by atoms with E-state index in [-0.39, 0.29) is 11.8 Å². The van der Waals surface area contributed by atoms with E-state index < -0.39 is 0 Å². The molecule has 0 radical (unpaired) electrons. The molecule has 1 aliphatic heterocycles. The normalized spacial score (nSPS) is 14.7. The molecule has 32 heavy (non-hydrogen) atoms. The van der Waals surface area contributed by atoms with Gasteiger partial charge in [0.25, 0.3) is 5.91 Å². The fourth-order valence-electron chi connectivity index (χ4n) is 4.27. The van der Waals surface area contributed by atoms with Crippen LogP contribution in [-0.2, 0) is 6.54 Å². The molecule has 2 aromatic carbocycles. The van der Waals surface area contributed by atoms with Gasteiger partial charge < -0.3 is 15.1 Å². The maximum absolute atomic E-state index is 13.2. The van der Waals surface area contributed by atoms with Crippen LogP contribution in [0.3, 0.4) is 0 Å². The summed E-state index contributed by atoms with van der Waals surface area (Å²) in [6, 6.07) is 16.6. The van der Waals surface area contributed by atoms with Gasteiger partial charge in [-0.3, -0.25) is 4.79 Å². The number of carbonyl (C=O) groups excluding carboxylic acids is 1. The van der Waals surface area contributed by atoms with Crippen LogP contribution in [0.4, 0.5) is 5.69 Å². The molecule has 0 aliphatic carbocycles. The molecule has 0 bridgehead atoms. The number of hydrogen-bond donors (Lipinski definition) is 1. The van der Waals surface area contributed by atoms with Gasteiger partial charge >= 0.3 is 0 Å². The number of piperazine rings is 1. The Balaban J connectivity index is 1.53. The highest BCUT2D eigenvalue weighted by atomic mass is 16.1. The number of aryl methyl sites for hydroxylation is 1. The van der Waals surface area contributed by atoms with Crippen LogP contribution >= 0.6 is 0 Å². The van der Waals surface area contributed by atoms with E-state index in [0.717, 1.165) is 43.1 Å². The van der Waals surface area contributed by atoms with Gasteiger partial charge in [0, 0.05) is 38.4 Å². The average molecular weight is 432 g/mol. The van der Waals surface area contributed by atoms with Crippen molar-refractivity contribution in [2.45, 2.75) is 33.2 Å². The predicted molar refractivity (Wildman–Crippen MR) is 130 cm³/mol. The molecule has 1 aliphatic rings. The molecule has 1 amide bonds. The Morgan fingerprint density at radius 2 is 1.72 bits per heavy atom. The summed E-state index contributed by atoms with van der Waals surface area (Å²) in [5.41, 5.74) is 6.09. The van der Waals surface area contributed by atoms with Crippen LogP contribution in [0.15, 0.2) is 54.7 Å². The highest BCUT2D eigenvalue weighted by molar-refractivity contribution is 5.95. The van der Waals surface area contributed by atoms with Crippen molar-refractivity contribution in [3.8, 4) is 5.69 Å². The molecule has 0 spiro atoms. The smallest absolute Gasteiger partial charge is 0.255 e. The zero-order valence-electron chi connectivity index (χ0n) is 19.5. The number of hydrogen-bond acceptors (Lipinski definition) is 4. The van der Waals surface area contributed by atoms with Crippen molar-refractivity contribution in [2.75, 3.05) is 38.1 Å². The van der Waals surface area contributed by atoms with Crippen LogP contribution in [0.25, 0.3) is 5.69 Å². The number of rotatable bonds is 6. The number of para-hydroxylation sites is 1. The van der Waals surface area contributed by atoms with Crippen LogP contribution in [0, 0.1) is 6.92 Å². The maximum Gasteiger partial charge on any atom is 0.255 e. The van der Waals surface area contributed by atoms with Crippen LogP contribution in [0.1, 0.15) is 46.9 Å². The van der Waals surface area contributed by atoms with Gasteiger partial charge in [-0.15, -0.1) is 0 Å². The van der Waals surface area contributed by atoms with Gasteiger partial charge in [0.1, 0.15) is 0 Å². The first kappa shape index (κ1) is 22.1. The lowest BCUT2D eigenvalue weighted by molar-refractivity contribution is 0.0949. The van der Waals surface area contributed by atoms with Crippen molar-refractivity contribution in [3.05, 3.63) is 77.1 Å². The van der Waals surface area contributed by atoms with E-state index in [4.69, 9.17) is 0 Å². The third-order valence-electron chi connectivity index (χ3n) is 6.15. The lowest BCUT2D eigenvalue weighted by atomic mass is 10.0. The monoisotopic (exact) mass is 431 g/mol. The molecule has 6 heteroatoms. The van der Waals surface area contributed by atoms with Crippen LogP contribution < -0.4 is 10.2 Å². The Labute approximate surface area is 190 Å². The lowest BCUT2D eigenvalue weighted by Crippen LogP contribution is -2.45. The summed E-state index contributed by atoms with van der Waals surface area (Å²) < 4.78 is 1.89. The fourth-order valence-corrected chi connectivity index (χ4v) is 4.27. The van der Waals surface area contributed by atoms with E-state index in [2.05, 4.69) is 78.4 Å². The minimum Gasteiger partial charge on any atom is -0.369 e. The quantitative estimate of drug-likeness (QED) is 0.641. The first-order chi connectivity index (χ1) is 15.4. The molecule has 1 N–H and O–H groups in total. The molecule has 0 atom stereocenters. The van der Waals surface area contributed by atoms with Crippen LogP contribution in [0.2, 0.25) is 0 Å². The number of likely N-dealkylation sites (N-methyl/N-ethyl adjacent to an activating group) is 1. The number of benzene rings is 2. The zero-order chi connectivity index (χ0) is 22.7. The van der Waals surface area contributed by atoms with Gasteiger partial charge in [0.2, 0.25) is 0 Å². The van der Waals surface area contributed by atoms with E-state index >= 15 is 0 Å². The summed E-state index contributed by atoms with van der Waals surface area (Å²) in [5.74, 6) is 0.0809. The van der Waals surface area contributed by atoms with Gasteiger partial charge in [0.05, 0.1) is 23.1 Å². The Morgan fingerprint density at radius 3 is 2.41 bits per heavy atom. The molecule has 2 heterocycles. The molecular weight excluding hydrogens is 398 g/mol. The minimum absolute atomic E-state index is 0.0831. The Morgan fingerprint density at radius 1 is 1.03 bits per heavy atom. The highest BCUT2D eigenvalue weighted by Crippen LogP contribution is 2.25. The molecule has 4 rings (SSSR count). The van der Waals surface area contributed by atoms with Crippen LogP contribution in [-0.4, -0.2) is 53.8 Å². The highest BCUT2D eigenvalue weighted by Gasteiger charge is 2.22. The van der Waals surface area contributed by atoms with Crippen molar-refractivity contribution in [1.29, 1.82) is 0 Å². The van der Waals surface area contributed by atoms with Gasteiger partial charge in [-0.2, -0.15) is 5.10 Å². The number of carbonyl (C=O) groups is 1. The summed E-state index contributed by atoms with van der Waals surface area (Å²) in [6.07, 6.45) is 1.69. The second-order valence-electron chi connectivity index (χ2n) is 8.95. The molecule has 0 saturated carbocycles. The van der Waals surface area contributed by atoms with Crippen molar-refractivity contribution < 1.29 is 4.79 Å². The number of anilines is 1. The van der Waals surface area contributed by atoms with Gasteiger partial charge in [-0.1, -0.05) is 49.7 Å². The summed E-state index contributed by atoms with van der Waals surface area (Å²) in [4.78, 5) is 17.9. The summed E-state index contributed by atoms with van der Waals surface area (Å²) in [6.45, 7) is 10.9. The first-order valence-electron chi connectivity index (χ1n) is 11.4. The van der Waals surface area contributed by atoms with Crippen molar-refractivity contribution in [3.63, 3.8) is 0 Å². The maximum atomic E-state index is 13.2. The summed E-state index contributed by atoms with van der Waals surface area (Å²) in [7, 11) is 2.16. The van der Waals surface area contributed by atoms with Crippen molar-refractivity contribution in [1.82, 2.24) is 20.0 Å². The molecular formula is C26H33N5O. The molecule has 1 saturated heterocycles. The number of nitrogens with zero attached hydrogens (tertiary/aromatic N) is 4. The molecule has 1 fully saturated rings. The number of aromatic nitrogens is 2. The van der Waals surface area contributed by atoms with E-state index in [1.807, 2.05) is 22.9 Å². The first-order valence-corrected chi connectivity index (χ1v) is 11.4. The third kappa shape index (κ3) is 4.70. The van der Waals surface area contributed by atoms with Gasteiger partial charge in [-0.05, 0) is 43.7 Å². The third-order valence-corrected chi connectivity index (χ3v) is 6.15. The Bertz CT molecular complexity index is 1060. The molecule has 0 unspecified atom stereocenters. The fraction of sp³-hybridized carbons (Fsp3) is 0.385. The Hall–Kier alpha value is -3.12. The van der Waals surface area contributed by atoms with Gasteiger partial charge in [-0.25, -0.2) is 4.68 Å². The van der Waals surface area contributed by atoms with Crippen LogP contribution in [0.5, 0.6) is 0 Å². The standard InChI is InChI=1S/C26H33N5O/c1-19(2)25-23(18-28-31(25)22-11-9-20(3)10-12-22)26(32)27-17-21-7-5-6-8-24(21)30-15-13-29(4)14-16-30/h5-12,18-19H,13-17H2,1-4H3,(H,27,32). The number of nitrogens with one attached hydrogen (secondary N) is 1. The summed E-state index contributed by atoms with van der Waals surface area (Å²) in [5, 5.41) is 7.70. The van der Waals surface area contributed by atoms with E-state index in [1.165, 1.54) is 11.3 Å². The lowest BCUT2D eigenvalue weighted by Gasteiger charge is -2.35. The number of amides is 1. The largest absolute Gasteiger partial charge is 0.369 e. The average Bonchev–Trinajstić information content (AvgIpc) is 3.24. The predicted octanol–water partition coefficient (Wildman–Crippen LogP) is 3.99. The van der Waals surface area contributed by atoms with Crippen molar-refractivity contribution >= 4 is 11.6 Å². The molecule has 1 aromatic heterocycles. The topological polar surface area (TPSA) is 53.4 Å². The SMILES string of the molecule is Cc1ccc(-n2ncc(C(=O)NCc3ccccc3N3CCN(C)CC3)c2C(C)C)cc1. The molecule has 6 nitrogen and oxygen atoms in total. The minimum atomic E-state index is -0.0831. The van der Waals surface area contributed by atoms with E-state index in [9.17, 15) is 4.79 Å². The zero-order valence-corrected chi connectivity index (χ0v) is 19.5. The molecule has 168 valence electrons. The van der Waals surface area contributed by atoms with E-state index in [0.29, 0.717) is 12.1 Å². The van der Waals surface area contributed by atoms with Crippen molar-refractivity contribution in [2.24, 2.45) is 0 Å². The summed E-state index contributed by atoms with van der Waals surface area (Å²) >= 11 is 0. The Kier molecular flexibility index (Phi) is 6.61. The second-order valence-corrected chi connectivity index (χ2v) is 8.95. The van der Waals surface area contributed by atoms with Gasteiger partial charge in [0.15, 0.2) is 0 Å². The van der Waals surface area contributed by atoms with E-state index in [1.54, 1.807) is 6.20 Å². The second kappa shape index (κ2) is 9.57.